The van der Waals surface area contributed by atoms with Gasteiger partial charge >= 0.3 is 0 Å². The minimum atomic E-state index is -0.977. The van der Waals surface area contributed by atoms with Crippen molar-refractivity contribution in [3.63, 3.8) is 0 Å². The summed E-state index contributed by atoms with van der Waals surface area (Å²) in [6, 6.07) is 7.02. The van der Waals surface area contributed by atoms with Gasteiger partial charge in [0.25, 0.3) is 0 Å². The van der Waals surface area contributed by atoms with Gasteiger partial charge in [0.15, 0.2) is 0 Å². The minimum Gasteiger partial charge on any atom is -0.330 e. The Morgan fingerprint density at radius 1 is 1.47 bits per heavy atom. The Morgan fingerprint density at radius 2 is 2.20 bits per heavy atom. The summed E-state index contributed by atoms with van der Waals surface area (Å²) in [6.45, 7) is 0.417. The minimum absolute atomic E-state index is 0.329. The number of benzene rings is 1. The van der Waals surface area contributed by atoms with Gasteiger partial charge in [-0.3, -0.25) is 0 Å². The molecule has 0 bridgehead atoms. The average Bonchev–Trinajstić information content (AvgIpc) is 2.17. The van der Waals surface area contributed by atoms with Crippen LogP contribution in [-0.4, -0.2) is 6.54 Å². The van der Waals surface area contributed by atoms with Crippen LogP contribution in [0.1, 0.15) is 31.0 Å². The van der Waals surface area contributed by atoms with Crippen LogP contribution in [0, 0.1) is 5.41 Å². The van der Waals surface area contributed by atoms with Crippen molar-refractivity contribution in [2.75, 3.05) is 6.54 Å². The number of hydrogen-bond acceptors (Lipinski definition) is 1. The monoisotopic (exact) mass is 227 g/mol. The fourth-order valence-corrected chi connectivity index (χ4v) is 2.41. The van der Waals surface area contributed by atoms with Crippen molar-refractivity contribution < 1.29 is 4.39 Å². The van der Waals surface area contributed by atoms with Crippen LogP contribution in [0.15, 0.2) is 24.3 Å². The second-order valence-electron chi connectivity index (χ2n) is 4.34. The zero-order valence-corrected chi connectivity index (χ0v) is 9.30. The van der Waals surface area contributed by atoms with Crippen molar-refractivity contribution in [2.24, 2.45) is 11.1 Å². The molecule has 0 aliphatic heterocycles. The van der Waals surface area contributed by atoms with E-state index in [4.69, 9.17) is 17.3 Å². The Bertz CT molecular complexity index is 344. The zero-order valence-electron chi connectivity index (χ0n) is 8.55. The molecule has 2 N–H and O–H groups in total. The number of nitrogens with two attached hydrogens (primary N) is 1. The van der Waals surface area contributed by atoms with Crippen LogP contribution in [-0.2, 0) is 0 Å². The first-order valence-electron chi connectivity index (χ1n) is 5.27. The summed E-state index contributed by atoms with van der Waals surface area (Å²) in [5, 5.41) is 0.585. The Hall–Kier alpha value is -0.600. The molecule has 0 amide bonds. The molecule has 1 atom stereocenters. The van der Waals surface area contributed by atoms with Crippen LogP contribution in [0.25, 0.3) is 0 Å². The maximum Gasteiger partial charge on any atom is 0.132 e. The van der Waals surface area contributed by atoms with Gasteiger partial charge in [-0.2, -0.15) is 0 Å². The van der Waals surface area contributed by atoms with Gasteiger partial charge in [0.2, 0.25) is 0 Å². The van der Waals surface area contributed by atoms with Crippen LogP contribution in [0.3, 0.4) is 0 Å². The van der Waals surface area contributed by atoms with E-state index in [2.05, 4.69) is 0 Å². The van der Waals surface area contributed by atoms with E-state index in [-0.39, 0.29) is 5.41 Å². The van der Waals surface area contributed by atoms with E-state index in [1.165, 1.54) is 0 Å². The number of alkyl halides is 1. The first-order chi connectivity index (χ1) is 7.18. The number of halogens is 2. The van der Waals surface area contributed by atoms with Crippen molar-refractivity contribution >= 4 is 11.6 Å². The fraction of sp³-hybridized carbons (Fsp3) is 0.500. The average molecular weight is 228 g/mol. The fourth-order valence-electron chi connectivity index (χ4n) is 2.21. The van der Waals surface area contributed by atoms with E-state index in [9.17, 15) is 4.39 Å². The first-order valence-corrected chi connectivity index (χ1v) is 5.65. The van der Waals surface area contributed by atoms with Gasteiger partial charge in [-0.1, -0.05) is 30.2 Å². The third-order valence-corrected chi connectivity index (χ3v) is 3.67. The second-order valence-corrected chi connectivity index (χ2v) is 4.77. The van der Waals surface area contributed by atoms with Gasteiger partial charge in [0.1, 0.15) is 6.17 Å². The lowest BCUT2D eigenvalue weighted by atomic mass is 9.64. The van der Waals surface area contributed by atoms with Crippen LogP contribution < -0.4 is 5.73 Å². The SMILES string of the molecule is NCC1(C(F)c2cccc(Cl)c2)CCC1. The maximum atomic E-state index is 14.3. The molecule has 0 spiro atoms. The molecule has 3 heteroatoms. The van der Waals surface area contributed by atoms with Crippen molar-refractivity contribution in [1.29, 1.82) is 0 Å². The molecule has 15 heavy (non-hydrogen) atoms. The molecule has 1 fully saturated rings. The van der Waals surface area contributed by atoms with Crippen LogP contribution in [0.2, 0.25) is 5.02 Å². The van der Waals surface area contributed by atoms with Crippen LogP contribution in [0.5, 0.6) is 0 Å². The lowest BCUT2D eigenvalue weighted by molar-refractivity contribution is 0.0284. The zero-order chi connectivity index (χ0) is 10.9. The van der Waals surface area contributed by atoms with Crippen molar-refractivity contribution in [1.82, 2.24) is 0 Å². The predicted octanol–water partition coefficient (Wildman–Crippen LogP) is 3.48. The highest BCUT2D eigenvalue weighted by Crippen LogP contribution is 2.51. The summed E-state index contributed by atoms with van der Waals surface area (Å²) in [4.78, 5) is 0. The molecule has 1 aliphatic rings. The van der Waals surface area contributed by atoms with E-state index >= 15 is 0 Å². The smallest absolute Gasteiger partial charge is 0.132 e. The lowest BCUT2D eigenvalue weighted by Crippen LogP contribution is -2.41. The lowest BCUT2D eigenvalue weighted by Gasteiger charge is -2.43. The van der Waals surface area contributed by atoms with Gasteiger partial charge in [-0.15, -0.1) is 0 Å². The highest BCUT2D eigenvalue weighted by Gasteiger charge is 2.44. The van der Waals surface area contributed by atoms with E-state index in [1.807, 2.05) is 0 Å². The Morgan fingerprint density at radius 3 is 2.67 bits per heavy atom. The van der Waals surface area contributed by atoms with Crippen molar-refractivity contribution in [2.45, 2.75) is 25.4 Å². The van der Waals surface area contributed by atoms with Gasteiger partial charge in [-0.05, 0) is 30.5 Å². The maximum absolute atomic E-state index is 14.3. The molecule has 1 aromatic carbocycles. The summed E-state index contributed by atoms with van der Waals surface area (Å²) >= 11 is 5.85. The summed E-state index contributed by atoms with van der Waals surface area (Å²) in [5.41, 5.74) is 6.00. The van der Waals surface area contributed by atoms with Gasteiger partial charge in [-0.25, -0.2) is 4.39 Å². The second kappa shape index (κ2) is 4.11. The molecule has 1 saturated carbocycles. The van der Waals surface area contributed by atoms with E-state index in [0.717, 1.165) is 19.3 Å². The summed E-state index contributed by atoms with van der Waals surface area (Å²) < 4.78 is 14.3. The molecule has 1 unspecified atom stereocenters. The number of rotatable bonds is 3. The summed E-state index contributed by atoms with van der Waals surface area (Å²) in [6.07, 6.45) is 1.88. The first kappa shape index (κ1) is 10.9. The van der Waals surface area contributed by atoms with E-state index < -0.39 is 6.17 Å². The third-order valence-electron chi connectivity index (χ3n) is 3.43. The molecule has 1 nitrogen and oxygen atoms in total. The predicted molar refractivity (Wildman–Crippen MR) is 60.6 cm³/mol. The van der Waals surface area contributed by atoms with Gasteiger partial charge in [0.05, 0.1) is 0 Å². The Balaban J connectivity index is 2.23. The molecule has 0 heterocycles. The molecule has 0 aromatic heterocycles. The topological polar surface area (TPSA) is 26.0 Å². The summed E-state index contributed by atoms with van der Waals surface area (Å²) in [7, 11) is 0. The number of hydrogen-bond donors (Lipinski definition) is 1. The molecule has 1 aliphatic carbocycles. The standard InChI is InChI=1S/C12H15ClFN/c13-10-4-1-3-9(7-10)11(14)12(8-15)5-2-6-12/h1,3-4,7,11H,2,5-6,8,15H2. The summed E-state index contributed by atoms with van der Waals surface area (Å²) in [5.74, 6) is 0. The molecule has 82 valence electrons. The molecule has 1 aromatic rings. The van der Waals surface area contributed by atoms with Crippen LogP contribution >= 0.6 is 11.6 Å². The molecular weight excluding hydrogens is 213 g/mol. The van der Waals surface area contributed by atoms with Gasteiger partial charge in [0, 0.05) is 17.0 Å². The van der Waals surface area contributed by atoms with Crippen LogP contribution in [0.4, 0.5) is 4.39 Å². The normalized spacial score (nSPS) is 20.7. The van der Waals surface area contributed by atoms with Gasteiger partial charge < -0.3 is 5.73 Å². The highest BCUT2D eigenvalue weighted by molar-refractivity contribution is 6.30. The van der Waals surface area contributed by atoms with E-state index in [0.29, 0.717) is 17.1 Å². The molecular formula is C12H15ClFN. The third kappa shape index (κ3) is 1.88. The Kier molecular flexibility index (Phi) is 2.98. The van der Waals surface area contributed by atoms with Crippen molar-refractivity contribution in [3.8, 4) is 0 Å². The molecule has 2 rings (SSSR count). The van der Waals surface area contributed by atoms with E-state index in [1.54, 1.807) is 24.3 Å². The largest absolute Gasteiger partial charge is 0.330 e. The Labute approximate surface area is 94.4 Å². The highest BCUT2D eigenvalue weighted by atomic mass is 35.5. The molecule has 0 saturated heterocycles. The quantitative estimate of drug-likeness (QED) is 0.841. The molecule has 0 radical (unpaired) electrons. The van der Waals surface area contributed by atoms with Crippen molar-refractivity contribution in [3.05, 3.63) is 34.9 Å².